The van der Waals surface area contributed by atoms with Crippen molar-refractivity contribution in [1.29, 1.82) is 0 Å². The molecule has 0 aromatic rings. The van der Waals surface area contributed by atoms with Crippen LogP contribution in [-0.4, -0.2) is 284 Å². The maximum atomic E-state index is 12.7. The lowest BCUT2D eigenvalue weighted by molar-refractivity contribution is -0.387. The molecule has 70 heavy (non-hydrogen) atoms. The van der Waals surface area contributed by atoms with Crippen LogP contribution in [0.5, 0.6) is 0 Å². The first-order chi connectivity index (χ1) is 32.6. The van der Waals surface area contributed by atoms with Gasteiger partial charge in [-0.1, -0.05) is 0 Å². The number of hydrogen-bond donors (Lipinski definition) is 19. The van der Waals surface area contributed by atoms with Gasteiger partial charge >= 0.3 is 15.6 Å². The van der Waals surface area contributed by atoms with Gasteiger partial charge in [0, 0.05) is 13.8 Å². The van der Waals surface area contributed by atoms with Crippen molar-refractivity contribution in [3.8, 4) is 0 Å². The molecule has 0 radical (unpaired) electrons. The summed E-state index contributed by atoms with van der Waals surface area (Å²) in [6, 6.07) is -3.70. The molecule has 0 bridgehead atoms. The van der Waals surface area contributed by atoms with Crippen LogP contribution in [0.2, 0.25) is 0 Å². The first-order valence-electron chi connectivity index (χ1n) is 21.1. The Bertz CT molecular complexity index is 1800. The standard InChI is InChI=1S/C34H60N2O32P2/c1-8(41)35-15-28(26(68-70(55,56)57)13(6-40)59-30(15)51)66-31-16(36-9(2)42)27(18(44)11(4-38)60-31)65-34-24(50)29(19(45)12(5-39)62-34)67-33-23(49)21(47)25(14(63-33)7-58-69(52,53)54)64-32-22(48)20(46)17(43)10(3-37)61-32/h10-34,37-40,43-51H,3-7H2,1-2H3,(H,35,41)(H,36,42)(H2,52,53,54)(H2,55,56,57)/t10-,11-,12-,13-,14-,15-,16-,17-,18-,19+,20+,21-,22-,23-,24-,25-,26-,27-,28-,29+,30+,31+,32-,33+,34+/m1/s1. The van der Waals surface area contributed by atoms with Crippen molar-refractivity contribution in [2.75, 3.05) is 33.0 Å². The maximum Gasteiger partial charge on any atom is 0.470 e. The molecule has 408 valence electrons. The smallest absolute Gasteiger partial charge is 0.394 e. The van der Waals surface area contributed by atoms with Gasteiger partial charge in [-0.15, -0.1) is 0 Å². The third-order valence-electron chi connectivity index (χ3n) is 11.6. The van der Waals surface area contributed by atoms with Crippen molar-refractivity contribution in [3.05, 3.63) is 0 Å². The third kappa shape index (κ3) is 14.2. The minimum atomic E-state index is -5.54. The van der Waals surface area contributed by atoms with Crippen molar-refractivity contribution in [1.82, 2.24) is 10.6 Å². The number of carbonyl (C=O) groups is 2. The molecule has 0 aliphatic carbocycles. The Kier molecular flexibility index (Phi) is 20.9. The molecule has 0 aromatic carbocycles. The van der Waals surface area contributed by atoms with E-state index in [9.17, 15) is 105 Å². The van der Waals surface area contributed by atoms with Crippen LogP contribution in [0, 0.1) is 0 Å². The fourth-order valence-electron chi connectivity index (χ4n) is 8.25. The van der Waals surface area contributed by atoms with E-state index in [-0.39, 0.29) is 0 Å². The molecule has 0 aromatic heterocycles. The summed E-state index contributed by atoms with van der Waals surface area (Å²) in [6.45, 7) is -3.54. The number of aliphatic hydroxyl groups is 13. The second kappa shape index (κ2) is 24.7. The van der Waals surface area contributed by atoms with Crippen LogP contribution in [0.3, 0.4) is 0 Å². The Balaban J connectivity index is 1.45. The van der Waals surface area contributed by atoms with Gasteiger partial charge in [-0.2, -0.15) is 0 Å². The quantitative estimate of drug-likeness (QED) is 0.0534. The van der Waals surface area contributed by atoms with Crippen LogP contribution in [0.4, 0.5) is 0 Å². The molecule has 5 fully saturated rings. The van der Waals surface area contributed by atoms with Crippen LogP contribution in [0.25, 0.3) is 0 Å². The van der Waals surface area contributed by atoms with Crippen LogP contribution in [0.1, 0.15) is 13.8 Å². The van der Waals surface area contributed by atoms with Crippen LogP contribution >= 0.6 is 15.6 Å². The normalized spacial score (nSPS) is 45.2. The lowest BCUT2D eigenvalue weighted by atomic mass is 9.93. The molecule has 5 aliphatic rings. The fraction of sp³-hybridized carbons (Fsp3) is 0.941. The van der Waals surface area contributed by atoms with Gasteiger partial charge in [0.15, 0.2) is 31.5 Å². The Labute approximate surface area is 394 Å². The topological polar surface area (TPSA) is 538 Å². The van der Waals surface area contributed by atoms with Crippen molar-refractivity contribution in [3.63, 3.8) is 0 Å². The Morgan fingerprint density at radius 2 is 0.871 bits per heavy atom. The number of carbonyl (C=O) groups excluding carboxylic acids is 2. The van der Waals surface area contributed by atoms with Crippen molar-refractivity contribution >= 4 is 27.5 Å². The zero-order chi connectivity index (χ0) is 52.3. The number of phosphoric acid groups is 2. The molecular weight excluding hydrogens is 1010 g/mol. The lowest BCUT2D eigenvalue weighted by Crippen LogP contribution is -2.71. The van der Waals surface area contributed by atoms with E-state index in [1.807, 2.05) is 0 Å². The van der Waals surface area contributed by atoms with E-state index < -0.39 is 214 Å². The molecule has 5 aliphatic heterocycles. The molecule has 5 rings (SSSR count). The van der Waals surface area contributed by atoms with Gasteiger partial charge in [-0.25, -0.2) is 9.13 Å². The summed E-state index contributed by atoms with van der Waals surface area (Å²) in [6.07, 6.45) is -47.3. The Morgan fingerprint density at radius 3 is 1.39 bits per heavy atom. The highest BCUT2D eigenvalue weighted by molar-refractivity contribution is 7.46. The predicted molar refractivity (Wildman–Crippen MR) is 212 cm³/mol. The summed E-state index contributed by atoms with van der Waals surface area (Å²) >= 11 is 0. The van der Waals surface area contributed by atoms with Crippen molar-refractivity contribution < 1.29 is 156 Å². The van der Waals surface area contributed by atoms with Gasteiger partial charge in [-0.05, 0) is 0 Å². The number of amides is 2. The average Bonchev–Trinajstić information content (AvgIpc) is 3.27. The predicted octanol–water partition coefficient (Wildman–Crippen LogP) is -11.4. The number of phosphoric ester groups is 2. The van der Waals surface area contributed by atoms with Gasteiger partial charge in [-0.3, -0.25) is 18.6 Å². The van der Waals surface area contributed by atoms with Gasteiger partial charge < -0.3 is 139 Å². The average molecular weight is 1070 g/mol. The first kappa shape index (κ1) is 59.2. The third-order valence-corrected chi connectivity index (χ3v) is 12.6. The number of aliphatic hydroxyl groups excluding tert-OH is 13. The van der Waals surface area contributed by atoms with E-state index in [1.54, 1.807) is 0 Å². The van der Waals surface area contributed by atoms with E-state index >= 15 is 0 Å². The fourth-order valence-corrected chi connectivity index (χ4v) is 9.17. The summed E-state index contributed by atoms with van der Waals surface area (Å²) in [7, 11) is -10.9. The summed E-state index contributed by atoms with van der Waals surface area (Å²) < 4.78 is 83.8. The number of rotatable bonds is 19. The second-order valence-corrected chi connectivity index (χ2v) is 19.0. The molecule has 25 atom stereocenters. The zero-order valence-electron chi connectivity index (χ0n) is 36.6. The molecule has 19 N–H and O–H groups in total. The monoisotopic (exact) mass is 1070 g/mol. The number of hydrogen-bond acceptors (Lipinski definition) is 28. The second-order valence-electron chi connectivity index (χ2n) is 16.6. The zero-order valence-corrected chi connectivity index (χ0v) is 38.4. The number of nitrogens with one attached hydrogen (secondary N) is 2. The van der Waals surface area contributed by atoms with E-state index in [0.29, 0.717) is 0 Å². The van der Waals surface area contributed by atoms with E-state index in [0.717, 1.165) is 13.8 Å². The van der Waals surface area contributed by atoms with Crippen molar-refractivity contribution in [2.45, 2.75) is 167 Å². The minimum Gasteiger partial charge on any atom is -0.394 e. The summed E-state index contributed by atoms with van der Waals surface area (Å²) in [5.74, 6) is -1.81. The molecule has 36 heteroatoms. The maximum absolute atomic E-state index is 12.7. The Morgan fingerprint density at radius 1 is 0.443 bits per heavy atom. The van der Waals surface area contributed by atoms with Gasteiger partial charge in [0.05, 0.1) is 33.0 Å². The molecule has 2 amide bonds. The molecule has 5 heterocycles. The molecule has 0 spiro atoms. The van der Waals surface area contributed by atoms with E-state index in [2.05, 4.69) is 15.2 Å². The highest BCUT2D eigenvalue weighted by Crippen LogP contribution is 2.43. The Hall–Kier alpha value is -1.72. The SMILES string of the molecule is CC(=O)N[C@@H]1[C@@H](O[C@@H]2O[C@H](CO)[C@@H](O)[C@H](O[C@@H]3O[C@H](CO)[C@H](O)[C@H](O[C@@H]4O[C@H](COP(=O)(O)O)[C@@H](O[C@H]5O[C@H](CO)[C@@H](O)[C@H](O)[C@H]5O)[C@H](O)[C@H]4O)[C@H]3O)[C@H]2NC(C)=O)[C@H](OP(=O)(O)O)[C@@H](CO)O[C@@H]1O. The number of ether oxygens (including phenoxy) is 9. The van der Waals surface area contributed by atoms with Crippen LogP contribution < -0.4 is 10.6 Å². The van der Waals surface area contributed by atoms with Crippen molar-refractivity contribution in [2.24, 2.45) is 0 Å². The van der Waals surface area contributed by atoms with Gasteiger partial charge in [0.25, 0.3) is 0 Å². The summed E-state index contributed by atoms with van der Waals surface area (Å²) in [4.78, 5) is 63.3. The highest BCUT2D eigenvalue weighted by Gasteiger charge is 2.58. The minimum absolute atomic E-state index is 0.876. The van der Waals surface area contributed by atoms with Crippen LogP contribution in [0.15, 0.2) is 0 Å². The molecule has 34 nitrogen and oxygen atoms in total. The largest absolute Gasteiger partial charge is 0.470 e. The highest BCUT2D eigenvalue weighted by atomic mass is 31.2. The summed E-state index contributed by atoms with van der Waals surface area (Å²) in [5.41, 5.74) is 0. The van der Waals surface area contributed by atoms with E-state index in [4.69, 9.17) is 47.2 Å². The van der Waals surface area contributed by atoms with E-state index in [1.165, 1.54) is 0 Å². The molecular formula is C34H60N2O32P2. The van der Waals surface area contributed by atoms with Gasteiger partial charge in [0.1, 0.15) is 122 Å². The van der Waals surface area contributed by atoms with Crippen LogP contribution in [-0.2, 0) is 70.4 Å². The molecule has 0 saturated carbocycles. The lowest BCUT2D eigenvalue weighted by Gasteiger charge is -2.51. The first-order valence-corrected chi connectivity index (χ1v) is 24.1. The molecule has 5 saturated heterocycles. The molecule has 0 unspecified atom stereocenters. The summed E-state index contributed by atoms with van der Waals surface area (Å²) in [5, 5.41) is 143. The van der Waals surface area contributed by atoms with Gasteiger partial charge in [0.2, 0.25) is 11.8 Å².